The van der Waals surface area contributed by atoms with E-state index in [0.717, 1.165) is 15.9 Å². The molecular formula is C13H22N2OS. The number of hydrogen-bond acceptors (Lipinski definition) is 4. The van der Waals surface area contributed by atoms with Gasteiger partial charge in [0.25, 0.3) is 0 Å². The fraction of sp³-hybridized carbons (Fsp3) is 0.846. The number of nitrogens with zero attached hydrogens (tertiary/aromatic N) is 2. The molecule has 1 aromatic heterocycles. The van der Waals surface area contributed by atoms with E-state index < -0.39 is 0 Å². The van der Waals surface area contributed by atoms with Crippen LogP contribution >= 0.6 is 11.3 Å². The molecule has 2 rings (SSSR count). The minimum absolute atomic E-state index is 0.0245. The van der Waals surface area contributed by atoms with Gasteiger partial charge in [0.15, 0.2) is 0 Å². The van der Waals surface area contributed by atoms with Crippen molar-refractivity contribution in [3.63, 3.8) is 0 Å². The van der Waals surface area contributed by atoms with E-state index in [-0.39, 0.29) is 6.61 Å². The zero-order valence-electron chi connectivity index (χ0n) is 10.9. The second-order valence-electron chi connectivity index (χ2n) is 5.95. The summed E-state index contributed by atoms with van der Waals surface area (Å²) in [5, 5.41) is 19.0. The molecule has 1 aliphatic rings. The number of aliphatic hydroxyl groups is 1. The Bertz CT molecular complexity index is 369. The summed E-state index contributed by atoms with van der Waals surface area (Å²) in [5.41, 5.74) is 0.479. The summed E-state index contributed by atoms with van der Waals surface area (Å²) in [6, 6.07) is 0. The molecule has 0 aromatic carbocycles. The second kappa shape index (κ2) is 5.02. The lowest BCUT2D eigenvalue weighted by atomic mass is 9.67. The molecule has 0 unspecified atom stereocenters. The molecule has 0 aliphatic heterocycles. The van der Waals surface area contributed by atoms with E-state index in [9.17, 15) is 0 Å². The van der Waals surface area contributed by atoms with Gasteiger partial charge in [0.1, 0.15) is 10.0 Å². The summed E-state index contributed by atoms with van der Waals surface area (Å²) in [4.78, 5) is 0. The van der Waals surface area contributed by atoms with E-state index in [2.05, 4.69) is 31.0 Å². The summed E-state index contributed by atoms with van der Waals surface area (Å²) in [5.74, 6) is 1.46. The van der Waals surface area contributed by atoms with E-state index in [1.54, 1.807) is 11.3 Å². The Labute approximate surface area is 107 Å². The Morgan fingerprint density at radius 3 is 2.59 bits per heavy atom. The van der Waals surface area contributed by atoms with Crippen LogP contribution in [0.5, 0.6) is 0 Å². The van der Waals surface area contributed by atoms with Gasteiger partial charge in [0.2, 0.25) is 0 Å². The van der Waals surface area contributed by atoms with Crippen molar-refractivity contribution in [3.8, 4) is 0 Å². The van der Waals surface area contributed by atoms with Crippen molar-refractivity contribution in [2.45, 2.75) is 59.0 Å². The first-order valence-electron chi connectivity index (χ1n) is 6.47. The average Bonchev–Trinajstić information content (AvgIpc) is 2.71. The summed E-state index contributed by atoms with van der Waals surface area (Å²) in [6.45, 7) is 7.01. The minimum Gasteiger partial charge on any atom is -0.389 e. The first kappa shape index (κ1) is 13.0. The molecule has 0 amide bonds. The van der Waals surface area contributed by atoms with Crippen molar-refractivity contribution in [2.24, 2.45) is 11.3 Å². The van der Waals surface area contributed by atoms with Gasteiger partial charge in [0, 0.05) is 5.92 Å². The molecule has 0 atom stereocenters. The average molecular weight is 254 g/mol. The molecule has 1 aliphatic carbocycles. The van der Waals surface area contributed by atoms with E-state index in [4.69, 9.17) is 5.11 Å². The molecule has 0 spiro atoms. The van der Waals surface area contributed by atoms with Crippen LogP contribution in [-0.4, -0.2) is 15.3 Å². The SMILES string of the molecule is CCC(C)(C)CC1CC(c2nnc(CO)s2)C1. The Morgan fingerprint density at radius 2 is 2.06 bits per heavy atom. The zero-order valence-corrected chi connectivity index (χ0v) is 11.8. The molecule has 1 fully saturated rings. The van der Waals surface area contributed by atoms with Gasteiger partial charge in [0.05, 0.1) is 6.61 Å². The van der Waals surface area contributed by atoms with Crippen LogP contribution in [0.4, 0.5) is 0 Å². The van der Waals surface area contributed by atoms with E-state index in [1.165, 1.54) is 25.7 Å². The predicted molar refractivity (Wildman–Crippen MR) is 70.0 cm³/mol. The van der Waals surface area contributed by atoms with Gasteiger partial charge in [-0.2, -0.15) is 0 Å². The van der Waals surface area contributed by atoms with Crippen molar-refractivity contribution >= 4 is 11.3 Å². The maximum atomic E-state index is 8.97. The van der Waals surface area contributed by atoms with Crippen LogP contribution < -0.4 is 0 Å². The van der Waals surface area contributed by atoms with Crippen LogP contribution in [0.1, 0.15) is 62.4 Å². The third-order valence-electron chi connectivity index (χ3n) is 4.00. The standard InChI is InChI=1S/C13H22N2OS/c1-4-13(2,3)7-9-5-10(6-9)12-15-14-11(8-16)17-12/h9-10,16H,4-8H2,1-3H3. The van der Waals surface area contributed by atoms with Gasteiger partial charge < -0.3 is 5.11 Å². The third-order valence-corrected chi connectivity index (χ3v) is 5.07. The molecule has 0 bridgehead atoms. The van der Waals surface area contributed by atoms with E-state index in [0.29, 0.717) is 11.3 Å². The fourth-order valence-electron chi connectivity index (χ4n) is 2.53. The Balaban J connectivity index is 1.82. The highest BCUT2D eigenvalue weighted by molar-refractivity contribution is 7.11. The summed E-state index contributed by atoms with van der Waals surface area (Å²) >= 11 is 1.57. The number of aliphatic hydroxyl groups excluding tert-OH is 1. The van der Waals surface area contributed by atoms with Crippen LogP contribution in [0.3, 0.4) is 0 Å². The van der Waals surface area contributed by atoms with Gasteiger partial charge in [-0.25, -0.2) is 0 Å². The van der Waals surface area contributed by atoms with E-state index in [1.807, 2.05) is 0 Å². The van der Waals surface area contributed by atoms with Gasteiger partial charge in [-0.05, 0) is 30.6 Å². The van der Waals surface area contributed by atoms with Crippen molar-refractivity contribution in [3.05, 3.63) is 10.0 Å². The molecule has 3 nitrogen and oxygen atoms in total. The molecule has 1 N–H and O–H groups in total. The smallest absolute Gasteiger partial charge is 0.143 e. The quantitative estimate of drug-likeness (QED) is 0.876. The summed E-state index contributed by atoms with van der Waals surface area (Å²) < 4.78 is 0. The Morgan fingerprint density at radius 1 is 1.35 bits per heavy atom. The van der Waals surface area contributed by atoms with Crippen LogP contribution in [0.15, 0.2) is 0 Å². The van der Waals surface area contributed by atoms with Crippen LogP contribution in [0, 0.1) is 11.3 Å². The maximum absolute atomic E-state index is 8.97. The van der Waals surface area contributed by atoms with Gasteiger partial charge in [-0.15, -0.1) is 10.2 Å². The monoisotopic (exact) mass is 254 g/mol. The highest BCUT2D eigenvalue weighted by Gasteiger charge is 2.35. The normalized spacial score (nSPS) is 24.7. The van der Waals surface area contributed by atoms with Gasteiger partial charge in [-0.3, -0.25) is 0 Å². The molecule has 0 saturated heterocycles. The van der Waals surface area contributed by atoms with Gasteiger partial charge in [-0.1, -0.05) is 38.5 Å². The largest absolute Gasteiger partial charge is 0.389 e. The number of rotatable bonds is 5. The molecular weight excluding hydrogens is 232 g/mol. The van der Waals surface area contributed by atoms with Crippen LogP contribution in [0.25, 0.3) is 0 Å². The first-order chi connectivity index (χ1) is 8.04. The van der Waals surface area contributed by atoms with Crippen LogP contribution in [0.2, 0.25) is 0 Å². The number of hydrogen-bond donors (Lipinski definition) is 1. The highest BCUT2D eigenvalue weighted by Crippen LogP contribution is 2.47. The number of aromatic nitrogens is 2. The molecule has 17 heavy (non-hydrogen) atoms. The first-order valence-corrected chi connectivity index (χ1v) is 7.29. The minimum atomic E-state index is 0.0245. The van der Waals surface area contributed by atoms with Crippen molar-refractivity contribution < 1.29 is 5.11 Å². The molecule has 1 saturated carbocycles. The summed E-state index contributed by atoms with van der Waals surface area (Å²) in [6.07, 6.45) is 5.08. The maximum Gasteiger partial charge on any atom is 0.143 e. The lowest BCUT2D eigenvalue weighted by molar-refractivity contribution is 0.163. The predicted octanol–water partition coefficient (Wildman–Crippen LogP) is 3.35. The van der Waals surface area contributed by atoms with Crippen LogP contribution in [-0.2, 0) is 6.61 Å². The molecule has 1 aromatic rings. The molecule has 1 heterocycles. The Hall–Kier alpha value is -0.480. The Kier molecular flexibility index (Phi) is 3.83. The third kappa shape index (κ3) is 3.05. The molecule has 0 radical (unpaired) electrons. The van der Waals surface area contributed by atoms with E-state index >= 15 is 0 Å². The molecule has 4 heteroatoms. The van der Waals surface area contributed by atoms with Crippen molar-refractivity contribution in [1.29, 1.82) is 0 Å². The summed E-state index contributed by atoms with van der Waals surface area (Å²) in [7, 11) is 0. The zero-order chi connectivity index (χ0) is 12.5. The van der Waals surface area contributed by atoms with Crippen molar-refractivity contribution in [1.82, 2.24) is 10.2 Å². The fourth-order valence-corrected chi connectivity index (χ4v) is 3.35. The highest BCUT2D eigenvalue weighted by atomic mass is 32.1. The van der Waals surface area contributed by atoms with Crippen molar-refractivity contribution in [2.75, 3.05) is 0 Å². The molecule has 96 valence electrons. The van der Waals surface area contributed by atoms with Gasteiger partial charge >= 0.3 is 0 Å². The topological polar surface area (TPSA) is 46.0 Å². The lowest BCUT2D eigenvalue weighted by Crippen LogP contribution is -2.27. The lowest BCUT2D eigenvalue weighted by Gasteiger charge is -2.38. The second-order valence-corrected chi connectivity index (χ2v) is 7.04.